The maximum Gasteiger partial charge on any atom is 0.209 e. The molecule has 0 saturated heterocycles. The summed E-state index contributed by atoms with van der Waals surface area (Å²) in [6.07, 6.45) is 6.04. The molecule has 0 atom stereocenters. The quantitative estimate of drug-likeness (QED) is 0.618. The first-order valence-electron chi connectivity index (χ1n) is 6.10. The first-order valence-corrected chi connectivity index (χ1v) is 6.10. The number of nitrogens with zero attached hydrogens (tertiary/aromatic N) is 1. The Balaban J connectivity index is 2.45. The molecule has 1 saturated carbocycles. The van der Waals surface area contributed by atoms with Gasteiger partial charge in [0.15, 0.2) is 0 Å². The largest absolute Gasteiger partial charge is 0.344 e. The minimum atomic E-state index is 0.251. The Bertz CT molecular complexity index is 205. The zero-order valence-electron chi connectivity index (χ0n) is 10.7. The van der Waals surface area contributed by atoms with Gasteiger partial charge in [0.25, 0.3) is 0 Å². The van der Waals surface area contributed by atoms with Crippen molar-refractivity contribution in [2.24, 2.45) is 10.8 Å². The Morgan fingerprint density at radius 3 is 2.33 bits per heavy atom. The molecular formula is C13H25NO. The molecule has 1 aliphatic carbocycles. The number of hydrogen-bond acceptors (Lipinski definition) is 1. The van der Waals surface area contributed by atoms with Gasteiger partial charge in [-0.25, -0.2) is 0 Å². The lowest BCUT2D eigenvalue weighted by atomic mass is 9.70. The van der Waals surface area contributed by atoms with E-state index in [1.807, 2.05) is 4.90 Å². The van der Waals surface area contributed by atoms with Crippen molar-refractivity contribution in [3.63, 3.8) is 0 Å². The van der Waals surface area contributed by atoms with Crippen LogP contribution in [0, 0.1) is 10.8 Å². The predicted molar refractivity (Wildman–Crippen MR) is 63.7 cm³/mol. The molecule has 1 amide bonds. The third kappa shape index (κ3) is 3.51. The zero-order chi connectivity index (χ0) is 11.5. The van der Waals surface area contributed by atoms with Gasteiger partial charge in [0, 0.05) is 13.1 Å². The van der Waals surface area contributed by atoms with Crippen LogP contribution in [-0.4, -0.2) is 24.4 Å². The third-order valence-electron chi connectivity index (χ3n) is 3.88. The van der Waals surface area contributed by atoms with E-state index in [1.165, 1.54) is 19.3 Å². The Morgan fingerprint density at radius 1 is 1.40 bits per heavy atom. The standard InChI is InChI=1S/C13H25NO/c1-5-12(2,3)9-14(11-15)10-13(4)7-6-8-13/h11H,5-10H2,1-4H3. The van der Waals surface area contributed by atoms with Crippen molar-refractivity contribution < 1.29 is 4.79 Å². The monoisotopic (exact) mass is 211 g/mol. The van der Waals surface area contributed by atoms with E-state index in [0.29, 0.717) is 5.41 Å². The topological polar surface area (TPSA) is 20.3 Å². The normalized spacial score (nSPS) is 19.5. The summed E-state index contributed by atoms with van der Waals surface area (Å²) < 4.78 is 0. The van der Waals surface area contributed by atoms with Crippen LogP contribution in [0.5, 0.6) is 0 Å². The minimum absolute atomic E-state index is 0.251. The van der Waals surface area contributed by atoms with E-state index in [4.69, 9.17) is 0 Å². The molecule has 0 aromatic carbocycles. The van der Waals surface area contributed by atoms with Gasteiger partial charge < -0.3 is 4.90 Å². The van der Waals surface area contributed by atoms with Gasteiger partial charge in [-0.05, 0) is 30.1 Å². The summed E-state index contributed by atoms with van der Waals surface area (Å²) in [7, 11) is 0. The van der Waals surface area contributed by atoms with E-state index in [9.17, 15) is 4.79 Å². The van der Waals surface area contributed by atoms with E-state index in [0.717, 1.165) is 25.9 Å². The molecule has 0 aromatic rings. The molecular weight excluding hydrogens is 186 g/mol. The Kier molecular flexibility index (Phi) is 3.80. The first kappa shape index (κ1) is 12.5. The Hall–Kier alpha value is -0.530. The van der Waals surface area contributed by atoms with E-state index in [2.05, 4.69) is 27.7 Å². The molecule has 1 fully saturated rings. The molecule has 0 heterocycles. The molecule has 0 aliphatic heterocycles. The molecule has 2 heteroatoms. The van der Waals surface area contributed by atoms with Crippen LogP contribution < -0.4 is 0 Å². The van der Waals surface area contributed by atoms with Gasteiger partial charge in [-0.15, -0.1) is 0 Å². The highest BCUT2D eigenvalue weighted by Gasteiger charge is 2.34. The van der Waals surface area contributed by atoms with Crippen molar-refractivity contribution >= 4 is 6.41 Å². The van der Waals surface area contributed by atoms with Crippen LogP contribution in [0.2, 0.25) is 0 Å². The molecule has 0 bridgehead atoms. The number of amides is 1. The molecule has 0 aromatic heterocycles. The fourth-order valence-electron chi connectivity index (χ4n) is 2.22. The van der Waals surface area contributed by atoms with E-state index >= 15 is 0 Å². The Morgan fingerprint density at radius 2 is 2.00 bits per heavy atom. The SMILES string of the molecule is CCC(C)(C)CN(C=O)CC1(C)CCC1. The second-order valence-corrected chi connectivity index (χ2v) is 6.19. The lowest BCUT2D eigenvalue weighted by molar-refractivity contribution is -0.122. The number of carbonyl (C=O) groups excluding carboxylic acids is 1. The predicted octanol–water partition coefficient (Wildman–Crippen LogP) is 3.07. The zero-order valence-corrected chi connectivity index (χ0v) is 10.7. The molecule has 0 unspecified atom stereocenters. The van der Waals surface area contributed by atoms with E-state index < -0.39 is 0 Å². The van der Waals surface area contributed by atoms with Gasteiger partial charge in [0.05, 0.1) is 0 Å². The van der Waals surface area contributed by atoms with Gasteiger partial charge in [-0.3, -0.25) is 4.79 Å². The van der Waals surface area contributed by atoms with Crippen LogP contribution in [0.25, 0.3) is 0 Å². The minimum Gasteiger partial charge on any atom is -0.344 e. The molecule has 0 radical (unpaired) electrons. The van der Waals surface area contributed by atoms with Crippen LogP contribution >= 0.6 is 0 Å². The van der Waals surface area contributed by atoms with Gasteiger partial charge >= 0.3 is 0 Å². The van der Waals surface area contributed by atoms with Crippen LogP contribution in [0.15, 0.2) is 0 Å². The number of carbonyl (C=O) groups is 1. The lowest BCUT2D eigenvalue weighted by Gasteiger charge is -2.42. The van der Waals surface area contributed by atoms with Crippen LogP contribution in [-0.2, 0) is 4.79 Å². The second kappa shape index (κ2) is 4.54. The number of hydrogen-bond donors (Lipinski definition) is 0. The summed E-state index contributed by atoms with van der Waals surface area (Å²) >= 11 is 0. The summed E-state index contributed by atoms with van der Waals surface area (Å²) in [5.41, 5.74) is 0.658. The summed E-state index contributed by atoms with van der Waals surface area (Å²) in [4.78, 5) is 13.0. The molecule has 2 nitrogen and oxygen atoms in total. The van der Waals surface area contributed by atoms with Crippen LogP contribution in [0.4, 0.5) is 0 Å². The van der Waals surface area contributed by atoms with Gasteiger partial charge in [-0.2, -0.15) is 0 Å². The van der Waals surface area contributed by atoms with Gasteiger partial charge in [-0.1, -0.05) is 34.1 Å². The van der Waals surface area contributed by atoms with E-state index in [1.54, 1.807) is 0 Å². The van der Waals surface area contributed by atoms with Crippen molar-refractivity contribution in [2.75, 3.05) is 13.1 Å². The maximum absolute atomic E-state index is 11.0. The van der Waals surface area contributed by atoms with Crippen molar-refractivity contribution in [3.05, 3.63) is 0 Å². The van der Waals surface area contributed by atoms with Crippen molar-refractivity contribution in [2.45, 2.75) is 53.4 Å². The number of rotatable bonds is 6. The Labute approximate surface area is 94.0 Å². The first-order chi connectivity index (χ1) is 6.91. The van der Waals surface area contributed by atoms with Crippen molar-refractivity contribution in [1.82, 2.24) is 4.90 Å². The molecule has 0 N–H and O–H groups in total. The molecule has 1 aliphatic rings. The fraction of sp³-hybridized carbons (Fsp3) is 0.923. The highest BCUT2D eigenvalue weighted by molar-refractivity contribution is 5.47. The lowest BCUT2D eigenvalue weighted by Crippen LogP contribution is -2.43. The maximum atomic E-state index is 11.0. The second-order valence-electron chi connectivity index (χ2n) is 6.19. The molecule has 15 heavy (non-hydrogen) atoms. The van der Waals surface area contributed by atoms with Gasteiger partial charge in [0.2, 0.25) is 6.41 Å². The third-order valence-corrected chi connectivity index (χ3v) is 3.88. The summed E-state index contributed by atoms with van der Waals surface area (Å²) in [6, 6.07) is 0. The molecule has 0 spiro atoms. The molecule has 1 rings (SSSR count). The highest BCUT2D eigenvalue weighted by Crippen LogP contribution is 2.41. The average molecular weight is 211 g/mol. The summed E-state index contributed by atoms with van der Waals surface area (Å²) in [5.74, 6) is 0. The molecule has 88 valence electrons. The van der Waals surface area contributed by atoms with Crippen molar-refractivity contribution in [1.29, 1.82) is 0 Å². The highest BCUT2D eigenvalue weighted by atomic mass is 16.1. The summed E-state index contributed by atoms with van der Waals surface area (Å²) in [6.45, 7) is 10.8. The van der Waals surface area contributed by atoms with E-state index in [-0.39, 0.29) is 5.41 Å². The fourth-order valence-corrected chi connectivity index (χ4v) is 2.22. The summed E-state index contributed by atoms with van der Waals surface area (Å²) in [5, 5.41) is 0. The smallest absolute Gasteiger partial charge is 0.209 e. The van der Waals surface area contributed by atoms with Gasteiger partial charge in [0.1, 0.15) is 0 Å². The average Bonchev–Trinajstić information content (AvgIpc) is 2.14. The van der Waals surface area contributed by atoms with Crippen LogP contribution in [0.3, 0.4) is 0 Å². The van der Waals surface area contributed by atoms with Crippen LogP contribution in [0.1, 0.15) is 53.4 Å². The van der Waals surface area contributed by atoms with Crippen molar-refractivity contribution in [3.8, 4) is 0 Å².